The zero-order valence-corrected chi connectivity index (χ0v) is 18.1. The van der Waals surface area contributed by atoms with E-state index in [1.165, 1.54) is 0 Å². The molecule has 1 fully saturated rings. The minimum atomic E-state index is -0.295. The van der Waals surface area contributed by atoms with Gasteiger partial charge in [-0.2, -0.15) is 0 Å². The van der Waals surface area contributed by atoms with Crippen LogP contribution in [0.4, 0.5) is 0 Å². The number of ether oxygens (including phenoxy) is 1. The molecule has 3 rings (SSSR count). The summed E-state index contributed by atoms with van der Waals surface area (Å²) in [4.78, 5) is 33.9. The molecule has 0 N–H and O–H groups in total. The quantitative estimate of drug-likeness (QED) is 0.586. The van der Waals surface area contributed by atoms with Crippen LogP contribution in [0.3, 0.4) is 0 Å². The van der Waals surface area contributed by atoms with Crippen LogP contribution in [0.15, 0.2) is 34.7 Å². The van der Waals surface area contributed by atoms with E-state index >= 15 is 0 Å². The number of likely N-dealkylation sites (N-methyl/N-ethyl adjacent to an activating group) is 1. The van der Waals surface area contributed by atoms with Crippen LogP contribution in [-0.2, 0) is 9.53 Å². The van der Waals surface area contributed by atoms with E-state index in [1.807, 2.05) is 30.3 Å². The predicted molar refractivity (Wildman–Crippen MR) is 114 cm³/mol. The zero-order valence-electron chi connectivity index (χ0n) is 18.1. The molecule has 1 aromatic heterocycles. The largest absolute Gasteiger partial charge is 0.466 e. The Labute approximate surface area is 178 Å². The molecule has 1 amide bonds. The average molecular weight is 414 g/mol. The maximum Gasteiger partial charge on any atom is 0.307 e. The second-order valence-electron chi connectivity index (χ2n) is 7.52. The summed E-state index contributed by atoms with van der Waals surface area (Å²) in [7, 11) is 0. The highest BCUT2D eigenvalue weighted by Gasteiger charge is 2.30. The third-order valence-electron chi connectivity index (χ3n) is 5.53. The molecule has 0 spiro atoms. The van der Waals surface area contributed by atoms with Crippen molar-refractivity contribution in [3.05, 3.63) is 41.8 Å². The summed E-state index contributed by atoms with van der Waals surface area (Å²) in [6.45, 7) is 8.87. The van der Waals surface area contributed by atoms with Crippen molar-refractivity contribution in [2.75, 3.05) is 32.8 Å². The first kappa shape index (κ1) is 22.0. The van der Waals surface area contributed by atoms with Crippen molar-refractivity contribution >= 4 is 11.9 Å². The third-order valence-corrected chi connectivity index (χ3v) is 5.53. The molecule has 1 aromatic carbocycles. The summed E-state index contributed by atoms with van der Waals surface area (Å²) in [6, 6.07) is 9.82. The minimum absolute atomic E-state index is 0.168. The number of esters is 1. The van der Waals surface area contributed by atoms with E-state index < -0.39 is 0 Å². The first-order chi connectivity index (χ1) is 14.5. The first-order valence-corrected chi connectivity index (χ1v) is 10.7. The Morgan fingerprint density at radius 2 is 2.03 bits per heavy atom. The molecule has 7 heteroatoms. The van der Waals surface area contributed by atoms with Crippen LogP contribution in [0.5, 0.6) is 0 Å². The topological polar surface area (TPSA) is 75.9 Å². The van der Waals surface area contributed by atoms with Gasteiger partial charge in [0.1, 0.15) is 5.76 Å². The lowest BCUT2D eigenvalue weighted by molar-refractivity contribution is -0.143. The summed E-state index contributed by atoms with van der Waals surface area (Å²) < 4.78 is 10.8. The number of nitrogens with zero attached hydrogens (tertiary/aromatic N) is 3. The van der Waals surface area contributed by atoms with Crippen LogP contribution in [0.1, 0.15) is 49.4 Å². The number of benzene rings is 1. The van der Waals surface area contributed by atoms with Crippen LogP contribution in [0.2, 0.25) is 0 Å². The second kappa shape index (κ2) is 10.4. The SMILES string of the molecule is CCOC(=O)CCN(CC1CCCN1CC)C(=O)c1nc(-c2ccccc2)oc1C. The highest BCUT2D eigenvalue weighted by molar-refractivity contribution is 5.94. The summed E-state index contributed by atoms with van der Waals surface area (Å²) in [5.41, 5.74) is 1.13. The molecular formula is C23H31N3O4. The number of amides is 1. The molecule has 0 bridgehead atoms. The highest BCUT2D eigenvalue weighted by Crippen LogP contribution is 2.24. The van der Waals surface area contributed by atoms with E-state index in [0.29, 0.717) is 43.1 Å². The van der Waals surface area contributed by atoms with Gasteiger partial charge in [-0.15, -0.1) is 0 Å². The maximum absolute atomic E-state index is 13.4. The van der Waals surface area contributed by atoms with Crippen molar-refractivity contribution in [1.82, 2.24) is 14.8 Å². The molecule has 1 saturated heterocycles. The first-order valence-electron chi connectivity index (χ1n) is 10.7. The van der Waals surface area contributed by atoms with E-state index in [9.17, 15) is 9.59 Å². The van der Waals surface area contributed by atoms with Gasteiger partial charge in [-0.3, -0.25) is 14.5 Å². The molecular weight excluding hydrogens is 382 g/mol. The maximum atomic E-state index is 13.4. The lowest BCUT2D eigenvalue weighted by atomic mass is 10.2. The van der Waals surface area contributed by atoms with Crippen molar-refractivity contribution < 1.29 is 18.7 Å². The van der Waals surface area contributed by atoms with Gasteiger partial charge < -0.3 is 14.1 Å². The molecule has 0 aliphatic carbocycles. The van der Waals surface area contributed by atoms with E-state index in [-0.39, 0.29) is 18.3 Å². The molecule has 30 heavy (non-hydrogen) atoms. The van der Waals surface area contributed by atoms with Gasteiger partial charge in [-0.05, 0) is 51.9 Å². The number of likely N-dealkylation sites (tertiary alicyclic amines) is 1. The van der Waals surface area contributed by atoms with Crippen molar-refractivity contribution in [3.63, 3.8) is 0 Å². The van der Waals surface area contributed by atoms with Crippen LogP contribution in [-0.4, -0.2) is 65.5 Å². The van der Waals surface area contributed by atoms with Gasteiger partial charge in [0.2, 0.25) is 5.89 Å². The Bertz CT molecular complexity index is 849. The van der Waals surface area contributed by atoms with Gasteiger partial charge in [0, 0.05) is 24.7 Å². The van der Waals surface area contributed by atoms with Crippen molar-refractivity contribution in [2.24, 2.45) is 0 Å². The number of rotatable bonds is 9. The molecule has 1 aliphatic rings. The van der Waals surface area contributed by atoms with E-state index in [0.717, 1.165) is 31.5 Å². The van der Waals surface area contributed by atoms with Gasteiger partial charge >= 0.3 is 5.97 Å². The molecule has 2 aromatic rings. The summed E-state index contributed by atoms with van der Waals surface area (Å²) in [5.74, 6) is 0.415. The van der Waals surface area contributed by atoms with Gasteiger partial charge in [0.05, 0.1) is 13.0 Å². The molecule has 1 aliphatic heterocycles. The molecule has 2 heterocycles. The molecule has 0 radical (unpaired) electrons. The van der Waals surface area contributed by atoms with E-state index in [4.69, 9.17) is 9.15 Å². The molecule has 1 atom stereocenters. The smallest absolute Gasteiger partial charge is 0.307 e. The Kier molecular flexibility index (Phi) is 7.63. The molecule has 0 saturated carbocycles. The number of oxazole rings is 1. The predicted octanol–water partition coefficient (Wildman–Crippen LogP) is 3.53. The Morgan fingerprint density at radius 1 is 1.27 bits per heavy atom. The number of hydrogen-bond acceptors (Lipinski definition) is 6. The summed E-state index contributed by atoms with van der Waals surface area (Å²) in [6.07, 6.45) is 2.34. The van der Waals surface area contributed by atoms with Gasteiger partial charge in [-0.1, -0.05) is 25.1 Å². The summed E-state index contributed by atoms with van der Waals surface area (Å²) >= 11 is 0. The van der Waals surface area contributed by atoms with Crippen LogP contribution >= 0.6 is 0 Å². The van der Waals surface area contributed by atoms with Gasteiger partial charge in [-0.25, -0.2) is 4.98 Å². The minimum Gasteiger partial charge on any atom is -0.466 e. The van der Waals surface area contributed by atoms with Crippen LogP contribution < -0.4 is 0 Å². The van der Waals surface area contributed by atoms with E-state index in [1.54, 1.807) is 18.7 Å². The number of hydrogen-bond donors (Lipinski definition) is 0. The Morgan fingerprint density at radius 3 is 2.73 bits per heavy atom. The number of aryl methyl sites for hydroxylation is 1. The fourth-order valence-corrected chi connectivity index (χ4v) is 3.96. The van der Waals surface area contributed by atoms with Gasteiger partial charge in [0.15, 0.2) is 5.69 Å². The molecule has 7 nitrogen and oxygen atoms in total. The monoisotopic (exact) mass is 413 g/mol. The standard InChI is InChI=1S/C23H31N3O4/c1-4-25-14-9-12-19(25)16-26(15-13-20(27)29-5-2)23(28)21-17(3)30-22(24-21)18-10-7-6-8-11-18/h6-8,10-11,19H,4-5,9,12-16H2,1-3H3. The number of carbonyl (C=O) groups is 2. The number of aromatic nitrogens is 1. The fourth-order valence-electron chi connectivity index (χ4n) is 3.96. The third kappa shape index (κ3) is 5.27. The number of carbonyl (C=O) groups excluding carboxylic acids is 2. The normalized spacial score (nSPS) is 16.6. The average Bonchev–Trinajstić information content (AvgIpc) is 3.37. The van der Waals surface area contributed by atoms with E-state index in [2.05, 4.69) is 16.8 Å². The Balaban J connectivity index is 1.80. The molecule has 1 unspecified atom stereocenters. The molecule has 162 valence electrons. The summed E-state index contributed by atoms with van der Waals surface area (Å²) in [5, 5.41) is 0. The second-order valence-corrected chi connectivity index (χ2v) is 7.52. The van der Waals surface area contributed by atoms with Crippen LogP contribution in [0.25, 0.3) is 11.5 Å². The highest BCUT2D eigenvalue weighted by atomic mass is 16.5. The van der Waals surface area contributed by atoms with Crippen molar-refractivity contribution in [3.8, 4) is 11.5 Å². The lowest BCUT2D eigenvalue weighted by Crippen LogP contribution is -2.44. The van der Waals surface area contributed by atoms with Crippen molar-refractivity contribution in [1.29, 1.82) is 0 Å². The van der Waals surface area contributed by atoms with Crippen LogP contribution in [0, 0.1) is 6.92 Å². The fraction of sp³-hybridized carbons (Fsp3) is 0.522. The van der Waals surface area contributed by atoms with Gasteiger partial charge in [0.25, 0.3) is 5.91 Å². The van der Waals surface area contributed by atoms with Crippen molar-refractivity contribution in [2.45, 2.75) is 46.1 Å². The zero-order chi connectivity index (χ0) is 21.5. The lowest BCUT2D eigenvalue weighted by Gasteiger charge is -2.30. The Hall–Kier alpha value is -2.67.